The van der Waals surface area contributed by atoms with E-state index in [0.717, 1.165) is 32.6 Å². The van der Waals surface area contributed by atoms with Gasteiger partial charge in [-0.15, -0.1) is 0 Å². The molecule has 4 N–H and O–H groups in total. The minimum absolute atomic E-state index is 0.0351. The molecule has 0 saturated heterocycles. The van der Waals surface area contributed by atoms with Gasteiger partial charge in [0.25, 0.3) is 0 Å². The molecule has 0 unspecified atom stereocenters. The number of hydrogen-bond acceptors (Lipinski definition) is 2. The van der Waals surface area contributed by atoms with Crippen LogP contribution in [0, 0.1) is 5.41 Å². The molecule has 0 amide bonds. The van der Waals surface area contributed by atoms with E-state index in [1.807, 2.05) is 0 Å². The average Bonchev–Trinajstić information content (AvgIpc) is 2.15. The van der Waals surface area contributed by atoms with E-state index >= 15 is 0 Å². The molecule has 0 radical (unpaired) electrons. The maximum atomic E-state index is 6.91. The van der Waals surface area contributed by atoms with Crippen LogP contribution in [-0.4, -0.2) is 25.7 Å². The molecular weight excluding hydrogens is 178 g/mol. The van der Waals surface area contributed by atoms with Crippen molar-refractivity contribution in [3.8, 4) is 0 Å². The highest BCUT2D eigenvalue weighted by Gasteiger charge is 1.91. The summed E-state index contributed by atoms with van der Waals surface area (Å²) >= 11 is 0. The number of nitrogens with two attached hydrogens (primary N) is 1. The van der Waals surface area contributed by atoms with Crippen LogP contribution in [0.3, 0.4) is 0 Å². The third-order valence-electron chi connectivity index (χ3n) is 1.92. The molecule has 0 aromatic carbocycles. The van der Waals surface area contributed by atoms with E-state index in [9.17, 15) is 0 Å². The largest absolute Gasteiger partial charge is 0.381 e. The zero-order valence-electron chi connectivity index (χ0n) is 9.14. The third kappa shape index (κ3) is 11.2. The molecule has 0 aromatic rings. The first-order valence-electron chi connectivity index (χ1n) is 5.43. The highest BCUT2D eigenvalue weighted by molar-refractivity contribution is 5.74. The first-order chi connectivity index (χ1) is 6.77. The van der Waals surface area contributed by atoms with Crippen molar-refractivity contribution in [1.29, 1.82) is 5.41 Å². The van der Waals surface area contributed by atoms with Crippen LogP contribution in [0.4, 0.5) is 0 Å². The van der Waals surface area contributed by atoms with E-state index in [0.29, 0.717) is 0 Å². The SMILES string of the molecule is CCCCCCOCCCNC(=N)N. The summed E-state index contributed by atoms with van der Waals surface area (Å²) in [4.78, 5) is 0. The Morgan fingerprint density at radius 2 is 1.93 bits per heavy atom. The van der Waals surface area contributed by atoms with Crippen LogP contribution in [0.5, 0.6) is 0 Å². The second-order valence-corrected chi connectivity index (χ2v) is 3.37. The molecular formula is C10H23N3O. The van der Waals surface area contributed by atoms with Gasteiger partial charge in [-0.05, 0) is 12.8 Å². The summed E-state index contributed by atoms with van der Waals surface area (Å²) in [7, 11) is 0. The van der Waals surface area contributed by atoms with Gasteiger partial charge in [-0.25, -0.2) is 0 Å². The standard InChI is InChI=1S/C10H23N3O/c1-2-3-4-5-8-14-9-6-7-13-10(11)12/h2-9H2,1H3,(H4,11,12,13). The van der Waals surface area contributed by atoms with Gasteiger partial charge in [0.1, 0.15) is 0 Å². The lowest BCUT2D eigenvalue weighted by Crippen LogP contribution is -2.31. The molecule has 0 rings (SSSR count). The Labute approximate surface area is 86.7 Å². The van der Waals surface area contributed by atoms with Gasteiger partial charge in [0.15, 0.2) is 5.96 Å². The van der Waals surface area contributed by atoms with E-state index in [4.69, 9.17) is 15.9 Å². The van der Waals surface area contributed by atoms with Crippen LogP contribution >= 0.6 is 0 Å². The first-order valence-corrected chi connectivity index (χ1v) is 5.43. The van der Waals surface area contributed by atoms with Gasteiger partial charge in [-0.2, -0.15) is 0 Å². The topological polar surface area (TPSA) is 71.1 Å². The van der Waals surface area contributed by atoms with Crippen molar-refractivity contribution in [1.82, 2.24) is 5.32 Å². The number of hydrogen-bond donors (Lipinski definition) is 3. The first kappa shape index (κ1) is 13.2. The molecule has 84 valence electrons. The predicted octanol–water partition coefficient (Wildman–Crippen LogP) is 1.46. The minimum atomic E-state index is 0.0351. The van der Waals surface area contributed by atoms with Crippen molar-refractivity contribution >= 4 is 5.96 Å². The van der Waals surface area contributed by atoms with Gasteiger partial charge in [-0.1, -0.05) is 26.2 Å². The van der Waals surface area contributed by atoms with Crippen molar-refractivity contribution < 1.29 is 4.74 Å². The maximum Gasteiger partial charge on any atom is 0.185 e. The summed E-state index contributed by atoms with van der Waals surface area (Å²) in [5.41, 5.74) is 5.12. The third-order valence-corrected chi connectivity index (χ3v) is 1.92. The highest BCUT2D eigenvalue weighted by atomic mass is 16.5. The molecule has 0 fully saturated rings. The molecule has 0 spiro atoms. The van der Waals surface area contributed by atoms with E-state index in [-0.39, 0.29) is 5.96 Å². The Hall–Kier alpha value is -0.770. The second kappa shape index (κ2) is 10.3. The van der Waals surface area contributed by atoms with Crippen LogP contribution in [0.15, 0.2) is 0 Å². The van der Waals surface area contributed by atoms with E-state index in [2.05, 4.69) is 12.2 Å². The van der Waals surface area contributed by atoms with Crippen LogP contribution in [0.25, 0.3) is 0 Å². The molecule has 0 heterocycles. The number of ether oxygens (including phenoxy) is 1. The average molecular weight is 201 g/mol. The van der Waals surface area contributed by atoms with Crippen molar-refractivity contribution in [2.45, 2.75) is 39.0 Å². The fourth-order valence-corrected chi connectivity index (χ4v) is 1.13. The van der Waals surface area contributed by atoms with Gasteiger partial charge in [0.2, 0.25) is 0 Å². The van der Waals surface area contributed by atoms with Gasteiger partial charge < -0.3 is 15.8 Å². The molecule has 0 aliphatic heterocycles. The lowest BCUT2D eigenvalue weighted by atomic mass is 10.2. The fraction of sp³-hybridized carbons (Fsp3) is 0.900. The Morgan fingerprint density at radius 1 is 1.21 bits per heavy atom. The Morgan fingerprint density at radius 3 is 2.57 bits per heavy atom. The maximum absolute atomic E-state index is 6.91. The summed E-state index contributed by atoms with van der Waals surface area (Å²) in [6.07, 6.45) is 5.90. The lowest BCUT2D eigenvalue weighted by molar-refractivity contribution is 0.128. The molecule has 0 aromatic heterocycles. The fourth-order valence-electron chi connectivity index (χ4n) is 1.13. The van der Waals surface area contributed by atoms with E-state index in [1.165, 1.54) is 19.3 Å². The highest BCUT2D eigenvalue weighted by Crippen LogP contribution is 1.98. The molecule has 0 aliphatic carbocycles. The van der Waals surface area contributed by atoms with Gasteiger partial charge in [0.05, 0.1) is 0 Å². The molecule has 4 heteroatoms. The summed E-state index contributed by atoms with van der Waals surface area (Å²) < 4.78 is 5.41. The number of nitrogens with one attached hydrogen (secondary N) is 2. The van der Waals surface area contributed by atoms with Crippen LogP contribution in [0.1, 0.15) is 39.0 Å². The summed E-state index contributed by atoms with van der Waals surface area (Å²) in [6, 6.07) is 0. The molecule has 0 bridgehead atoms. The zero-order chi connectivity index (χ0) is 10.6. The van der Waals surface area contributed by atoms with Crippen LogP contribution < -0.4 is 11.1 Å². The quantitative estimate of drug-likeness (QED) is 0.300. The molecule has 14 heavy (non-hydrogen) atoms. The predicted molar refractivity (Wildman–Crippen MR) is 59.5 cm³/mol. The number of unbranched alkanes of at least 4 members (excludes halogenated alkanes) is 3. The Balaban J connectivity index is 2.88. The summed E-state index contributed by atoms with van der Waals surface area (Å²) in [5, 5.41) is 9.65. The summed E-state index contributed by atoms with van der Waals surface area (Å²) in [5.74, 6) is 0.0351. The monoisotopic (exact) mass is 201 g/mol. The zero-order valence-corrected chi connectivity index (χ0v) is 9.14. The molecule has 0 aliphatic rings. The van der Waals surface area contributed by atoms with Crippen LogP contribution in [-0.2, 0) is 4.74 Å². The van der Waals surface area contributed by atoms with E-state index < -0.39 is 0 Å². The van der Waals surface area contributed by atoms with Gasteiger partial charge in [-0.3, -0.25) is 5.41 Å². The van der Waals surface area contributed by atoms with Crippen molar-refractivity contribution in [3.63, 3.8) is 0 Å². The summed E-state index contributed by atoms with van der Waals surface area (Å²) in [6.45, 7) is 4.55. The van der Waals surface area contributed by atoms with Crippen LogP contribution in [0.2, 0.25) is 0 Å². The molecule has 0 saturated carbocycles. The Bertz CT molecular complexity index is 139. The van der Waals surface area contributed by atoms with Gasteiger partial charge >= 0.3 is 0 Å². The van der Waals surface area contributed by atoms with E-state index in [1.54, 1.807) is 0 Å². The molecule has 4 nitrogen and oxygen atoms in total. The minimum Gasteiger partial charge on any atom is -0.381 e. The van der Waals surface area contributed by atoms with Crippen molar-refractivity contribution in [2.24, 2.45) is 5.73 Å². The Kier molecular flexibility index (Phi) is 9.74. The molecule has 0 atom stereocenters. The van der Waals surface area contributed by atoms with Crippen molar-refractivity contribution in [3.05, 3.63) is 0 Å². The second-order valence-electron chi connectivity index (χ2n) is 3.37. The van der Waals surface area contributed by atoms with Gasteiger partial charge in [0, 0.05) is 19.8 Å². The smallest absolute Gasteiger partial charge is 0.185 e. The lowest BCUT2D eigenvalue weighted by Gasteiger charge is -2.05. The number of guanidine groups is 1. The van der Waals surface area contributed by atoms with Crippen molar-refractivity contribution in [2.75, 3.05) is 19.8 Å². The normalized spacial score (nSPS) is 10.1. The number of rotatable bonds is 9.